The number of phosphoric acid groups is 1. The average molecular weight is 660 g/mol. The normalized spacial score (nSPS) is 34.4. The van der Waals surface area contributed by atoms with Crippen molar-refractivity contribution in [2.45, 2.75) is 49.5 Å². The maximum atomic E-state index is 15.9. The van der Waals surface area contributed by atoms with Crippen LogP contribution in [0.4, 0.5) is 22.0 Å². The van der Waals surface area contributed by atoms with Crippen molar-refractivity contribution in [1.29, 1.82) is 0 Å². The minimum Gasteiger partial charge on any atom is -0.382 e. The molecule has 44 heavy (non-hydrogen) atoms. The molecule has 4 aromatic heterocycles. The zero-order chi connectivity index (χ0) is 31.0. The van der Waals surface area contributed by atoms with Crippen molar-refractivity contribution in [2.24, 2.45) is 0 Å². The number of fused-ring (bicyclic) bond motifs is 4. The number of nitrogen functional groups attached to an aromatic ring is 3. The second kappa shape index (κ2) is 10.4. The Hall–Kier alpha value is -3.74. The number of ether oxygens (including phenoxy) is 2. The van der Waals surface area contributed by atoms with Gasteiger partial charge < -0.3 is 31.6 Å². The summed E-state index contributed by atoms with van der Waals surface area (Å²) < 4.78 is 86.6. The van der Waals surface area contributed by atoms with E-state index in [9.17, 15) is 17.9 Å². The van der Waals surface area contributed by atoms with Gasteiger partial charge in [0.1, 0.15) is 36.3 Å². The third kappa shape index (κ3) is 5.08. The number of aromatic nitrogens is 9. The van der Waals surface area contributed by atoms with Crippen LogP contribution in [0.2, 0.25) is 0 Å². The molecule has 3 fully saturated rings. The van der Waals surface area contributed by atoms with Crippen molar-refractivity contribution in [2.75, 3.05) is 30.4 Å². The summed E-state index contributed by atoms with van der Waals surface area (Å²) in [5.41, 5.74) is 17.8. The Morgan fingerprint density at radius 3 is 2.68 bits per heavy atom. The van der Waals surface area contributed by atoms with Crippen molar-refractivity contribution in [3.05, 3.63) is 12.7 Å². The number of nitrogens with zero attached hydrogens (tertiary/aromatic N) is 9. The number of nitrogens with two attached hydrogens (primary N) is 3. The lowest BCUT2D eigenvalue weighted by molar-refractivity contribution is -0.0504. The van der Waals surface area contributed by atoms with E-state index in [1.54, 1.807) is 0 Å². The molecule has 1 unspecified atom stereocenters. The molecule has 3 aliphatic heterocycles. The van der Waals surface area contributed by atoms with Crippen molar-refractivity contribution >= 4 is 58.0 Å². The summed E-state index contributed by atoms with van der Waals surface area (Å²) in [6.07, 6.45) is -8.29. The molecule has 8 N–H and O–H groups in total. The topological polar surface area (TPSA) is 308 Å². The van der Waals surface area contributed by atoms with Gasteiger partial charge in [-0.3, -0.25) is 17.8 Å². The van der Waals surface area contributed by atoms with Gasteiger partial charge in [-0.25, -0.2) is 23.9 Å². The maximum absolute atomic E-state index is 15.9. The van der Waals surface area contributed by atoms with Gasteiger partial charge in [0.2, 0.25) is 5.95 Å². The minimum absolute atomic E-state index is 0.0246. The van der Waals surface area contributed by atoms with E-state index in [1.807, 2.05) is 0 Å². The van der Waals surface area contributed by atoms with E-state index in [2.05, 4.69) is 40.0 Å². The Bertz CT molecular complexity index is 1910. The predicted molar refractivity (Wildman–Crippen MR) is 141 cm³/mol. The Labute approximate surface area is 244 Å². The third-order valence-corrected chi connectivity index (χ3v) is 9.12. The molecule has 8 atom stereocenters. The number of rotatable bonds is 2. The average Bonchev–Trinajstić information content (AvgIpc) is 3.72. The van der Waals surface area contributed by atoms with Crippen molar-refractivity contribution in [3.8, 4) is 0 Å². The zero-order valence-electron chi connectivity index (χ0n) is 22.0. The number of alkyl halides is 1. The van der Waals surface area contributed by atoms with E-state index in [0.717, 1.165) is 6.33 Å². The highest BCUT2D eigenvalue weighted by atomic mass is 32.2. The molecule has 0 radical (unpaired) electrons. The van der Waals surface area contributed by atoms with Crippen LogP contribution in [0.5, 0.6) is 0 Å². The molecule has 0 saturated carbocycles. The molecular formula is C19H23FN13O9PS. The van der Waals surface area contributed by atoms with Gasteiger partial charge >= 0.3 is 18.1 Å². The molecule has 4 aromatic rings. The van der Waals surface area contributed by atoms with Crippen LogP contribution in [0.25, 0.3) is 22.3 Å². The maximum Gasteiger partial charge on any atom is 0.472 e. The summed E-state index contributed by atoms with van der Waals surface area (Å²) >= 11 is 0. The van der Waals surface area contributed by atoms with Crippen LogP contribution in [-0.4, -0.2) is 102 Å². The zero-order valence-corrected chi connectivity index (χ0v) is 23.7. The Balaban J connectivity index is 1.15. The molecule has 0 amide bonds. The fourth-order valence-corrected chi connectivity index (χ4v) is 7.08. The van der Waals surface area contributed by atoms with Gasteiger partial charge in [0, 0.05) is 13.0 Å². The van der Waals surface area contributed by atoms with Crippen LogP contribution in [0, 0.1) is 0 Å². The molecule has 7 rings (SSSR count). The summed E-state index contributed by atoms with van der Waals surface area (Å²) in [6, 6.07) is 0. The molecule has 0 aromatic carbocycles. The van der Waals surface area contributed by atoms with Gasteiger partial charge in [-0.1, -0.05) is 5.21 Å². The molecule has 25 heteroatoms. The van der Waals surface area contributed by atoms with Crippen LogP contribution >= 0.6 is 7.82 Å². The Morgan fingerprint density at radius 1 is 1.05 bits per heavy atom. The van der Waals surface area contributed by atoms with Crippen molar-refractivity contribution < 1.29 is 45.0 Å². The number of hydrogen-bond donors (Lipinski definition) is 5. The first-order valence-electron chi connectivity index (χ1n) is 12.7. The highest BCUT2D eigenvalue weighted by Gasteiger charge is 2.52. The SMILES string of the molecule is Nc1nc(N)c2nnn([C@H]3C[C@@H]4OS(=O)(=O)NC[C@H]5O[C@@H](n6cnc7c(N)ncnc76)[C@H](F)[C@@H]5OP(=O)(O)OC[C@H]4O3)c2n1. The summed E-state index contributed by atoms with van der Waals surface area (Å²) in [7, 11) is -9.56. The third-order valence-electron chi connectivity index (χ3n) is 7.12. The van der Waals surface area contributed by atoms with Gasteiger partial charge in [-0.15, -0.1) is 5.10 Å². The van der Waals surface area contributed by atoms with Crippen LogP contribution in [0.15, 0.2) is 12.7 Å². The number of nitrogens with one attached hydrogen (secondary N) is 1. The van der Waals surface area contributed by atoms with Crippen LogP contribution in [0.1, 0.15) is 18.9 Å². The molecule has 0 spiro atoms. The molecule has 7 heterocycles. The summed E-state index contributed by atoms with van der Waals surface area (Å²) in [4.78, 5) is 30.3. The molecule has 3 aliphatic rings. The second-order valence-corrected chi connectivity index (χ2v) is 12.7. The largest absolute Gasteiger partial charge is 0.472 e. The smallest absolute Gasteiger partial charge is 0.382 e. The summed E-state index contributed by atoms with van der Waals surface area (Å²) in [5, 5.41) is 7.85. The van der Waals surface area contributed by atoms with Gasteiger partial charge in [-0.2, -0.15) is 27.8 Å². The van der Waals surface area contributed by atoms with Gasteiger partial charge in [0.05, 0.1) is 12.9 Å². The van der Waals surface area contributed by atoms with Crippen LogP contribution in [0.3, 0.4) is 0 Å². The monoisotopic (exact) mass is 659 g/mol. The minimum atomic E-state index is -5.01. The van der Waals surface area contributed by atoms with E-state index in [4.69, 9.17) is 39.9 Å². The Kier molecular flexibility index (Phi) is 6.87. The second-order valence-electron chi connectivity index (χ2n) is 9.90. The molecular weight excluding hydrogens is 636 g/mol. The highest BCUT2D eigenvalue weighted by Crippen LogP contribution is 2.50. The van der Waals surface area contributed by atoms with Crippen LogP contribution in [-0.2, 0) is 37.6 Å². The molecule has 22 nitrogen and oxygen atoms in total. The van der Waals surface area contributed by atoms with E-state index in [-0.39, 0.29) is 46.3 Å². The van der Waals surface area contributed by atoms with E-state index in [1.165, 1.54) is 15.6 Å². The van der Waals surface area contributed by atoms with Crippen molar-refractivity contribution in [1.82, 2.24) is 49.2 Å². The predicted octanol–water partition coefficient (Wildman–Crippen LogP) is -1.93. The van der Waals surface area contributed by atoms with Gasteiger partial charge in [0.25, 0.3) is 0 Å². The fourth-order valence-electron chi connectivity index (χ4n) is 5.16. The lowest BCUT2D eigenvalue weighted by Gasteiger charge is -2.25. The fraction of sp³-hybridized carbons (Fsp3) is 0.526. The molecule has 3 saturated heterocycles. The summed E-state index contributed by atoms with van der Waals surface area (Å²) in [6.45, 7) is -1.34. The van der Waals surface area contributed by atoms with E-state index in [0.29, 0.717) is 0 Å². The highest BCUT2D eigenvalue weighted by molar-refractivity contribution is 7.84. The van der Waals surface area contributed by atoms with Crippen molar-refractivity contribution in [3.63, 3.8) is 0 Å². The van der Waals surface area contributed by atoms with E-state index < -0.39 is 74.3 Å². The number of phosphoric ester groups is 1. The van der Waals surface area contributed by atoms with Gasteiger partial charge in [-0.05, 0) is 0 Å². The molecule has 0 aliphatic carbocycles. The number of anilines is 3. The number of halogens is 1. The van der Waals surface area contributed by atoms with Gasteiger partial charge in [0.15, 0.2) is 47.1 Å². The number of imidazole rings is 1. The first-order valence-corrected chi connectivity index (χ1v) is 15.6. The standard InChI is InChI=1S/C19H23FN13O9PS/c20-10-13-7(40-18(10)32-5-26-11-14(21)24-4-25-16(11)32)2-27-44(36,37)42-6-1-9(39-8(6)3-38-43(34,35)41-13)33-17-12(30-31-33)15(22)28-19(23)29-17/h4-10,13,18,27H,1-3H2,(H,34,35)(H2,21,24,25)(H4,22,23,28,29)/t6-,7+,8+,9+,10+,13+,18+/m0/s1. The molecule has 0 bridgehead atoms. The molecule has 236 valence electrons. The first kappa shape index (κ1) is 29.0. The Morgan fingerprint density at radius 2 is 1.86 bits per heavy atom. The quantitative estimate of drug-likeness (QED) is 0.146. The lowest BCUT2D eigenvalue weighted by Crippen LogP contribution is -2.43. The van der Waals surface area contributed by atoms with E-state index >= 15 is 4.39 Å². The van der Waals surface area contributed by atoms with Crippen LogP contribution < -0.4 is 21.9 Å². The lowest BCUT2D eigenvalue weighted by atomic mass is 10.1. The summed E-state index contributed by atoms with van der Waals surface area (Å²) in [5.74, 6) is -0.197. The number of hydrogen-bond acceptors (Lipinski definition) is 18. The first-order chi connectivity index (χ1) is 20.9.